The van der Waals surface area contributed by atoms with Gasteiger partial charge in [-0.3, -0.25) is 4.79 Å². The average molecular weight is 424 g/mol. The van der Waals surface area contributed by atoms with Gasteiger partial charge in [-0.2, -0.15) is 15.6 Å². The second kappa shape index (κ2) is 7.92. The molecule has 0 radical (unpaired) electrons. The van der Waals surface area contributed by atoms with Gasteiger partial charge in [-0.25, -0.2) is 8.42 Å². The van der Waals surface area contributed by atoms with Crippen LogP contribution in [-0.4, -0.2) is 64.2 Å². The van der Waals surface area contributed by atoms with E-state index in [1.165, 1.54) is 6.26 Å². The van der Waals surface area contributed by atoms with Crippen LogP contribution in [0, 0.1) is 0 Å². The summed E-state index contributed by atoms with van der Waals surface area (Å²) in [7, 11) is -3.30. The first-order chi connectivity index (χ1) is 13.4. The number of rotatable bonds is 4. The van der Waals surface area contributed by atoms with Gasteiger partial charge in [0.25, 0.3) is 0 Å². The molecule has 1 saturated heterocycles. The number of fused-ring (bicyclic) bond motifs is 1. The predicted octanol–water partition coefficient (Wildman–Crippen LogP) is 1.45. The number of amides is 1. The number of piperidine rings is 1. The third-order valence-electron chi connectivity index (χ3n) is 5.52. The van der Waals surface area contributed by atoms with Gasteiger partial charge < -0.3 is 9.47 Å². The average Bonchev–Trinajstić information content (AvgIpc) is 3.26. The van der Waals surface area contributed by atoms with Crippen molar-refractivity contribution in [3.63, 3.8) is 0 Å². The van der Waals surface area contributed by atoms with Crippen LogP contribution in [0.5, 0.6) is 0 Å². The minimum absolute atomic E-state index is 0.120. The molecule has 2 aromatic heterocycles. The lowest BCUT2D eigenvalue weighted by Crippen LogP contribution is -2.39. The Bertz CT molecular complexity index is 939. The Balaban J connectivity index is 1.51. The van der Waals surface area contributed by atoms with Gasteiger partial charge in [0.1, 0.15) is 5.82 Å². The lowest BCUT2D eigenvalue weighted by Gasteiger charge is -2.33. The number of nitrogens with zero attached hydrogens (tertiary/aromatic N) is 5. The zero-order valence-corrected chi connectivity index (χ0v) is 17.6. The molecular weight excluding hydrogens is 398 g/mol. The number of carbonyl (C=O) groups excluding carboxylic acids is 1. The summed E-state index contributed by atoms with van der Waals surface area (Å²) in [6.45, 7) is 2.33. The number of thiophene rings is 1. The minimum atomic E-state index is -3.30. The van der Waals surface area contributed by atoms with Crippen LogP contribution in [0.4, 0.5) is 0 Å². The van der Waals surface area contributed by atoms with Crippen molar-refractivity contribution in [3.05, 3.63) is 34.0 Å². The van der Waals surface area contributed by atoms with E-state index in [4.69, 9.17) is 0 Å². The molecule has 0 spiro atoms. The summed E-state index contributed by atoms with van der Waals surface area (Å²) >= 11 is 1.60. The minimum Gasteiger partial charge on any atom is -0.340 e. The van der Waals surface area contributed by atoms with Crippen molar-refractivity contribution in [2.75, 3.05) is 25.9 Å². The predicted molar refractivity (Wildman–Crippen MR) is 106 cm³/mol. The Morgan fingerprint density at radius 3 is 2.82 bits per heavy atom. The molecule has 1 atom stereocenters. The third kappa shape index (κ3) is 3.99. The van der Waals surface area contributed by atoms with Gasteiger partial charge in [-0.05, 0) is 35.2 Å². The molecule has 0 aromatic carbocycles. The highest BCUT2D eigenvalue weighted by Gasteiger charge is 2.35. The van der Waals surface area contributed by atoms with Gasteiger partial charge in [0, 0.05) is 32.6 Å². The first-order valence-electron chi connectivity index (χ1n) is 9.61. The molecule has 0 bridgehead atoms. The number of hydrogen-bond acceptors (Lipinski definition) is 6. The van der Waals surface area contributed by atoms with Crippen molar-refractivity contribution in [1.29, 1.82) is 0 Å². The second-order valence-electron chi connectivity index (χ2n) is 7.45. The van der Waals surface area contributed by atoms with E-state index in [9.17, 15) is 13.2 Å². The number of aromatic nitrogens is 3. The highest BCUT2D eigenvalue weighted by Crippen LogP contribution is 2.32. The van der Waals surface area contributed by atoms with E-state index in [1.807, 2.05) is 26.3 Å². The van der Waals surface area contributed by atoms with Gasteiger partial charge in [0.15, 0.2) is 5.82 Å². The normalized spacial score (nSPS) is 21.3. The standard InChI is InChI=1S/C18H25N5O3S2/c1-28(25,26)23-7-3-2-4-15(23)18-20-19-16-5-8-21(9-10-22(16)18)17(24)12-14-6-11-27-13-14/h6,11,13,15H,2-5,7-10,12H2,1H3. The van der Waals surface area contributed by atoms with Crippen molar-refractivity contribution >= 4 is 27.3 Å². The molecular formula is C18H25N5O3S2. The van der Waals surface area contributed by atoms with Gasteiger partial charge in [-0.1, -0.05) is 6.42 Å². The van der Waals surface area contributed by atoms with Gasteiger partial charge in [-0.15, -0.1) is 10.2 Å². The van der Waals surface area contributed by atoms with Crippen LogP contribution in [-0.2, 0) is 34.2 Å². The molecule has 28 heavy (non-hydrogen) atoms. The SMILES string of the molecule is CS(=O)(=O)N1CCCCC1c1nnc2n1CCN(C(=O)Cc1ccsc1)CC2. The lowest BCUT2D eigenvalue weighted by atomic mass is 10.0. The van der Waals surface area contributed by atoms with Crippen LogP contribution in [0.1, 0.15) is 42.5 Å². The molecule has 2 aromatic rings. The summed E-state index contributed by atoms with van der Waals surface area (Å²) in [5.41, 5.74) is 1.05. The quantitative estimate of drug-likeness (QED) is 0.743. The largest absolute Gasteiger partial charge is 0.340 e. The summed E-state index contributed by atoms with van der Waals surface area (Å²) < 4.78 is 28.1. The molecule has 2 aliphatic rings. The van der Waals surface area contributed by atoms with E-state index in [2.05, 4.69) is 10.2 Å². The third-order valence-corrected chi connectivity index (χ3v) is 7.54. The molecule has 4 rings (SSSR count). The van der Waals surface area contributed by atoms with Crippen LogP contribution in [0.25, 0.3) is 0 Å². The Labute approximate surface area is 169 Å². The van der Waals surface area contributed by atoms with Gasteiger partial charge in [0.05, 0.1) is 18.7 Å². The molecule has 152 valence electrons. The van der Waals surface area contributed by atoms with E-state index in [-0.39, 0.29) is 11.9 Å². The molecule has 0 aliphatic carbocycles. The summed E-state index contributed by atoms with van der Waals surface area (Å²) in [5.74, 6) is 1.67. The molecule has 0 saturated carbocycles. The van der Waals surface area contributed by atoms with Crippen LogP contribution in [0.2, 0.25) is 0 Å². The summed E-state index contributed by atoms with van der Waals surface area (Å²) in [4.78, 5) is 14.5. The number of sulfonamides is 1. The van der Waals surface area contributed by atoms with E-state index < -0.39 is 10.0 Å². The van der Waals surface area contributed by atoms with Crippen LogP contribution >= 0.6 is 11.3 Å². The Morgan fingerprint density at radius 1 is 1.21 bits per heavy atom. The van der Waals surface area contributed by atoms with Crippen molar-refractivity contribution in [2.24, 2.45) is 0 Å². The zero-order chi connectivity index (χ0) is 19.7. The molecule has 1 fully saturated rings. The maximum absolute atomic E-state index is 12.7. The van der Waals surface area contributed by atoms with Crippen molar-refractivity contribution in [1.82, 2.24) is 24.0 Å². The number of hydrogen-bond donors (Lipinski definition) is 0. The molecule has 4 heterocycles. The van der Waals surface area contributed by atoms with Crippen LogP contribution < -0.4 is 0 Å². The first kappa shape index (κ1) is 19.5. The van der Waals surface area contributed by atoms with Crippen molar-refractivity contribution in [3.8, 4) is 0 Å². The molecule has 1 amide bonds. The molecule has 2 aliphatic heterocycles. The summed E-state index contributed by atoms with van der Waals surface area (Å²) in [6.07, 6.45) is 4.91. The topological polar surface area (TPSA) is 88.4 Å². The van der Waals surface area contributed by atoms with Crippen molar-refractivity contribution < 1.29 is 13.2 Å². The fourth-order valence-corrected chi connectivity index (χ4v) is 5.87. The molecule has 8 nitrogen and oxygen atoms in total. The zero-order valence-electron chi connectivity index (χ0n) is 16.0. The molecule has 10 heteroatoms. The second-order valence-corrected chi connectivity index (χ2v) is 10.2. The number of carbonyl (C=O) groups is 1. The van der Waals surface area contributed by atoms with Crippen molar-refractivity contribution in [2.45, 2.75) is 44.7 Å². The highest BCUT2D eigenvalue weighted by molar-refractivity contribution is 7.88. The summed E-state index contributed by atoms with van der Waals surface area (Å²) in [6, 6.07) is 1.72. The van der Waals surface area contributed by atoms with Gasteiger partial charge in [0.2, 0.25) is 15.9 Å². The first-order valence-corrected chi connectivity index (χ1v) is 12.4. The maximum Gasteiger partial charge on any atom is 0.227 e. The van der Waals surface area contributed by atoms with E-state index in [0.717, 1.165) is 30.7 Å². The lowest BCUT2D eigenvalue weighted by molar-refractivity contribution is -0.130. The van der Waals surface area contributed by atoms with E-state index in [1.54, 1.807) is 15.6 Å². The fraction of sp³-hybridized carbons (Fsp3) is 0.611. The van der Waals surface area contributed by atoms with E-state index >= 15 is 0 Å². The monoisotopic (exact) mass is 423 g/mol. The Kier molecular flexibility index (Phi) is 5.52. The molecule has 0 N–H and O–H groups in total. The molecule has 1 unspecified atom stereocenters. The van der Waals surface area contributed by atoms with E-state index in [0.29, 0.717) is 44.8 Å². The van der Waals surface area contributed by atoms with Gasteiger partial charge >= 0.3 is 0 Å². The Hall–Kier alpha value is -1.78. The smallest absolute Gasteiger partial charge is 0.227 e. The van der Waals surface area contributed by atoms with Crippen LogP contribution in [0.15, 0.2) is 16.8 Å². The fourth-order valence-electron chi connectivity index (χ4n) is 4.08. The highest BCUT2D eigenvalue weighted by atomic mass is 32.2. The Morgan fingerprint density at radius 2 is 2.07 bits per heavy atom. The summed E-state index contributed by atoms with van der Waals surface area (Å²) in [5, 5.41) is 12.7. The maximum atomic E-state index is 12.7. The van der Waals surface area contributed by atoms with Crippen LogP contribution in [0.3, 0.4) is 0 Å².